The van der Waals surface area contributed by atoms with E-state index < -0.39 is 17.8 Å². The van der Waals surface area contributed by atoms with Crippen LogP contribution in [0.2, 0.25) is 0 Å². The maximum Gasteiger partial charge on any atom is 0.416 e. The van der Waals surface area contributed by atoms with Crippen LogP contribution >= 0.6 is 0 Å². The molecule has 126 valence electrons. The first-order valence-corrected chi connectivity index (χ1v) is 7.34. The number of rotatable bonds is 3. The van der Waals surface area contributed by atoms with Crippen molar-refractivity contribution in [1.82, 2.24) is 14.9 Å². The Balaban J connectivity index is 1.64. The number of halogens is 3. The van der Waals surface area contributed by atoms with Crippen LogP contribution in [-0.4, -0.2) is 40.0 Å². The third kappa shape index (κ3) is 3.64. The van der Waals surface area contributed by atoms with E-state index in [9.17, 15) is 18.0 Å². The molecule has 3 heterocycles. The molecule has 0 aliphatic carbocycles. The Labute approximate surface area is 136 Å². The zero-order valence-electron chi connectivity index (χ0n) is 12.5. The first-order chi connectivity index (χ1) is 11.4. The van der Waals surface area contributed by atoms with Gasteiger partial charge >= 0.3 is 6.18 Å². The zero-order chi connectivity index (χ0) is 17.2. The third-order valence-electron chi connectivity index (χ3n) is 3.67. The van der Waals surface area contributed by atoms with Crippen LogP contribution < -0.4 is 4.74 Å². The molecule has 0 unspecified atom stereocenters. The van der Waals surface area contributed by atoms with E-state index in [1.807, 2.05) is 0 Å². The molecule has 1 aliphatic heterocycles. The molecule has 1 atom stereocenters. The summed E-state index contributed by atoms with van der Waals surface area (Å²) in [5.41, 5.74) is -0.484. The van der Waals surface area contributed by atoms with Crippen LogP contribution in [0.3, 0.4) is 0 Å². The molecule has 0 aromatic carbocycles. The van der Waals surface area contributed by atoms with Crippen LogP contribution in [0.25, 0.3) is 0 Å². The average Bonchev–Trinajstić information content (AvgIpc) is 3.03. The average molecular weight is 337 g/mol. The monoisotopic (exact) mass is 337 g/mol. The normalized spacial score (nSPS) is 17.8. The molecule has 3 rings (SSSR count). The fourth-order valence-electron chi connectivity index (χ4n) is 2.48. The minimum Gasteiger partial charge on any atom is -0.472 e. The number of amides is 1. The lowest BCUT2D eigenvalue weighted by atomic mass is 10.2. The summed E-state index contributed by atoms with van der Waals surface area (Å²) < 4.78 is 43.6. The van der Waals surface area contributed by atoms with Crippen LogP contribution in [-0.2, 0) is 6.18 Å². The van der Waals surface area contributed by atoms with Gasteiger partial charge in [0.15, 0.2) is 0 Å². The van der Waals surface area contributed by atoms with Crippen LogP contribution in [0, 0.1) is 0 Å². The SMILES string of the molecule is O=C(c1ccccn1)N1CC[C@@H](Oc2cc(C(F)(F)F)ccn2)C1. The predicted octanol–water partition coefficient (Wildman–Crippen LogP) is 2.79. The van der Waals surface area contributed by atoms with Gasteiger partial charge in [-0.05, 0) is 18.2 Å². The second kappa shape index (κ2) is 6.46. The van der Waals surface area contributed by atoms with Crippen LogP contribution in [0.15, 0.2) is 42.7 Å². The molecule has 0 bridgehead atoms. The number of alkyl halides is 3. The molecule has 1 amide bonds. The van der Waals surface area contributed by atoms with Crippen molar-refractivity contribution in [2.24, 2.45) is 0 Å². The van der Waals surface area contributed by atoms with Crippen LogP contribution in [0.4, 0.5) is 13.2 Å². The fourth-order valence-corrected chi connectivity index (χ4v) is 2.48. The van der Waals surface area contributed by atoms with E-state index in [4.69, 9.17) is 4.74 Å². The topological polar surface area (TPSA) is 55.3 Å². The quantitative estimate of drug-likeness (QED) is 0.864. The molecule has 0 N–H and O–H groups in total. The van der Waals surface area contributed by atoms with Gasteiger partial charge in [-0.25, -0.2) is 4.98 Å². The number of pyridine rings is 2. The van der Waals surface area contributed by atoms with Crippen molar-refractivity contribution in [1.29, 1.82) is 0 Å². The summed E-state index contributed by atoms with van der Waals surface area (Å²) in [6.45, 7) is 0.742. The van der Waals surface area contributed by atoms with E-state index in [-0.39, 0.29) is 18.3 Å². The highest BCUT2D eigenvalue weighted by molar-refractivity contribution is 5.92. The van der Waals surface area contributed by atoms with Gasteiger partial charge in [0.05, 0.1) is 12.1 Å². The molecular weight excluding hydrogens is 323 g/mol. The summed E-state index contributed by atoms with van der Waals surface area (Å²) in [4.78, 5) is 21.7. The summed E-state index contributed by atoms with van der Waals surface area (Å²) in [5.74, 6) is -0.319. The highest BCUT2D eigenvalue weighted by Gasteiger charge is 2.32. The number of hydrogen-bond acceptors (Lipinski definition) is 4. The molecule has 24 heavy (non-hydrogen) atoms. The minimum absolute atomic E-state index is 0.0954. The smallest absolute Gasteiger partial charge is 0.416 e. The molecule has 0 radical (unpaired) electrons. The van der Waals surface area contributed by atoms with Gasteiger partial charge in [0.25, 0.3) is 5.91 Å². The van der Waals surface area contributed by atoms with Crippen molar-refractivity contribution >= 4 is 5.91 Å². The second-order valence-corrected chi connectivity index (χ2v) is 5.38. The summed E-state index contributed by atoms with van der Waals surface area (Å²) >= 11 is 0. The molecule has 0 spiro atoms. The van der Waals surface area contributed by atoms with Crippen molar-refractivity contribution in [3.63, 3.8) is 0 Å². The van der Waals surface area contributed by atoms with Gasteiger partial charge in [0, 0.05) is 31.4 Å². The molecule has 1 saturated heterocycles. The van der Waals surface area contributed by atoms with Gasteiger partial charge in [-0.3, -0.25) is 9.78 Å². The number of likely N-dealkylation sites (tertiary alicyclic amines) is 1. The Morgan fingerprint density at radius 2 is 2.04 bits per heavy atom. The summed E-state index contributed by atoms with van der Waals surface area (Å²) in [6, 6.07) is 6.80. The van der Waals surface area contributed by atoms with E-state index in [2.05, 4.69) is 9.97 Å². The maximum atomic E-state index is 12.7. The first-order valence-electron chi connectivity index (χ1n) is 7.34. The van der Waals surface area contributed by atoms with Gasteiger partial charge in [-0.2, -0.15) is 13.2 Å². The summed E-state index contributed by atoms with van der Waals surface area (Å²) in [6.07, 6.45) is -1.73. The summed E-state index contributed by atoms with van der Waals surface area (Å²) in [7, 11) is 0. The lowest BCUT2D eigenvalue weighted by Gasteiger charge is -2.17. The van der Waals surface area contributed by atoms with E-state index in [1.54, 1.807) is 23.1 Å². The van der Waals surface area contributed by atoms with Crippen LogP contribution in [0.5, 0.6) is 5.88 Å². The van der Waals surface area contributed by atoms with Crippen molar-refractivity contribution < 1.29 is 22.7 Å². The van der Waals surface area contributed by atoms with Gasteiger partial charge in [-0.15, -0.1) is 0 Å². The zero-order valence-corrected chi connectivity index (χ0v) is 12.5. The van der Waals surface area contributed by atoms with Crippen molar-refractivity contribution in [3.8, 4) is 5.88 Å². The number of carbonyl (C=O) groups is 1. The third-order valence-corrected chi connectivity index (χ3v) is 3.67. The second-order valence-electron chi connectivity index (χ2n) is 5.38. The van der Waals surface area contributed by atoms with Gasteiger partial charge in [0.1, 0.15) is 11.8 Å². The molecule has 5 nitrogen and oxygen atoms in total. The van der Waals surface area contributed by atoms with Gasteiger partial charge in [-0.1, -0.05) is 6.07 Å². The Kier molecular flexibility index (Phi) is 4.37. The van der Waals surface area contributed by atoms with E-state index >= 15 is 0 Å². The van der Waals surface area contributed by atoms with Crippen molar-refractivity contribution in [3.05, 3.63) is 54.0 Å². The molecule has 2 aromatic rings. The number of nitrogens with zero attached hydrogens (tertiary/aromatic N) is 3. The lowest BCUT2D eigenvalue weighted by molar-refractivity contribution is -0.137. The number of aromatic nitrogens is 2. The minimum atomic E-state index is -4.45. The highest BCUT2D eigenvalue weighted by atomic mass is 19.4. The summed E-state index contributed by atoms with van der Waals surface area (Å²) in [5, 5.41) is 0. The predicted molar refractivity (Wildman–Crippen MR) is 78.4 cm³/mol. The van der Waals surface area contributed by atoms with Crippen LogP contribution in [0.1, 0.15) is 22.5 Å². The van der Waals surface area contributed by atoms with E-state index in [1.165, 1.54) is 6.20 Å². The fraction of sp³-hybridized carbons (Fsp3) is 0.312. The highest BCUT2D eigenvalue weighted by Crippen LogP contribution is 2.31. The van der Waals surface area contributed by atoms with E-state index in [0.29, 0.717) is 18.7 Å². The molecule has 2 aromatic heterocycles. The Hall–Kier alpha value is -2.64. The number of ether oxygens (including phenoxy) is 1. The molecule has 8 heteroatoms. The number of hydrogen-bond donors (Lipinski definition) is 0. The largest absolute Gasteiger partial charge is 0.472 e. The van der Waals surface area contributed by atoms with Gasteiger partial charge < -0.3 is 9.64 Å². The Morgan fingerprint density at radius 3 is 2.75 bits per heavy atom. The Morgan fingerprint density at radius 1 is 1.21 bits per heavy atom. The van der Waals surface area contributed by atoms with E-state index in [0.717, 1.165) is 18.3 Å². The standard InChI is InChI=1S/C16H14F3N3O2/c17-16(18,19)11-4-7-21-14(9-11)24-12-5-8-22(10-12)15(23)13-3-1-2-6-20-13/h1-4,6-7,9,12H,5,8,10H2/t12-/m1/s1. The van der Waals surface area contributed by atoms with Crippen molar-refractivity contribution in [2.75, 3.05) is 13.1 Å². The Bertz CT molecular complexity index is 722. The molecule has 1 aliphatic rings. The first kappa shape index (κ1) is 16.2. The molecule has 1 fully saturated rings. The van der Waals surface area contributed by atoms with Crippen molar-refractivity contribution in [2.45, 2.75) is 18.7 Å². The molecular formula is C16H14F3N3O2. The maximum absolute atomic E-state index is 12.7. The molecule has 0 saturated carbocycles. The lowest BCUT2D eigenvalue weighted by Crippen LogP contribution is -2.31. The number of carbonyl (C=O) groups excluding carboxylic acids is 1. The van der Waals surface area contributed by atoms with Gasteiger partial charge in [0.2, 0.25) is 5.88 Å².